The summed E-state index contributed by atoms with van der Waals surface area (Å²) in [7, 11) is 1.42. The zero-order valence-electron chi connectivity index (χ0n) is 22.1. The standard InChI is InChI=1S/C28H27F7INO3/c1-14-24(15-7-17(27(30,31)32)9-18(8-15)28(33,34)35)40-25(38)37(14)13-16-12-26(2,3)6-5-19(16)20-10-22(36)21(29)11-23(20)39-4/h7-11,14,24H,5-6,12-13H2,1-4H3/t14-,24-/m0/s1. The van der Waals surface area contributed by atoms with Crippen LogP contribution in [0.5, 0.6) is 5.75 Å². The minimum atomic E-state index is -5.03. The van der Waals surface area contributed by atoms with E-state index in [0.717, 1.165) is 17.6 Å². The molecular formula is C28H27F7INO3. The second-order valence-electron chi connectivity index (χ2n) is 10.9. The van der Waals surface area contributed by atoms with Gasteiger partial charge in [-0.2, -0.15) is 26.3 Å². The van der Waals surface area contributed by atoms with Crippen molar-refractivity contribution in [3.63, 3.8) is 0 Å². The number of rotatable bonds is 5. The van der Waals surface area contributed by atoms with Gasteiger partial charge in [-0.3, -0.25) is 4.90 Å². The molecule has 0 aromatic heterocycles. The minimum absolute atomic E-state index is 0.0391. The molecule has 0 spiro atoms. The number of alkyl halides is 6. The van der Waals surface area contributed by atoms with Gasteiger partial charge in [0.2, 0.25) is 0 Å². The van der Waals surface area contributed by atoms with Crippen LogP contribution in [0, 0.1) is 14.8 Å². The summed E-state index contributed by atoms with van der Waals surface area (Å²) >= 11 is 1.88. The number of amides is 1. The van der Waals surface area contributed by atoms with Gasteiger partial charge >= 0.3 is 18.4 Å². The zero-order chi connectivity index (χ0) is 29.8. The van der Waals surface area contributed by atoms with Gasteiger partial charge in [-0.05, 0) is 95.2 Å². The van der Waals surface area contributed by atoms with E-state index in [1.165, 1.54) is 25.0 Å². The van der Waals surface area contributed by atoms with E-state index in [2.05, 4.69) is 13.8 Å². The lowest BCUT2D eigenvalue weighted by Crippen LogP contribution is -2.35. The molecule has 0 radical (unpaired) electrons. The number of allylic oxidation sites excluding steroid dienone is 1. The molecule has 0 N–H and O–H groups in total. The molecule has 1 saturated heterocycles. The fraction of sp³-hybridized carbons (Fsp3) is 0.464. The number of hydrogen-bond donors (Lipinski definition) is 0. The number of ether oxygens (including phenoxy) is 2. The summed E-state index contributed by atoms with van der Waals surface area (Å²) in [5.41, 5.74) is -1.13. The van der Waals surface area contributed by atoms with Crippen LogP contribution in [-0.4, -0.2) is 30.7 Å². The molecule has 4 nitrogen and oxygen atoms in total. The summed E-state index contributed by atoms with van der Waals surface area (Å²) < 4.78 is 106. The van der Waals surface area contributed by atoms with Crippen molar-refractivity contribution >= 4 is 34.3 Å². The molecule has 0 bridgehead atoms. The molecule has 1 aliphatic carbocycles. The van der Waals surface area contributed by atoms with Gasteiger partial charge in [0.05, 0.1) is 24.3 Å². The molecule has 218 valence electrons. The Morgan fingerprint density at radius 1 is 1.05 bits per heavy atom. The number of nitrogens with zero attached hydrogens (tertiary/aromatic N) is 1. The normalized spacial score (nSPS) is 21.6. The predicted octanol–water partition coefficient (Wildman–Crippen LogP) is 9.02. The molecule has 0 saturated carbocycles. The lowest BCUT2D eigenvalue weighted by Gasteiger charge is -2.36. The van der Waals surface area contributed by atoms with Crippen LogP contribution in [0.4, 0.5) is 35.5 Å². The molecule has 1 fully saturated rings. The molecule has 40 heavy (non-hydrogen) atoms. The molecular weight excluding hydrogens is 658 g/mol. The highest BCUT2D eigenvalue weighted by molar-refractivity contribution is 14.1. The summed E-state index contributed by atoms with van der Waals surface area (Å²) in [5.74, 6) is -0.123. The van der Waals surface area contributed by atoms with E-state index in [9.17, 15) is 35.5 Å². The van der Waals surface area contributed by atoms with E-state index < -0.39 is 53.1 Å². The van der Waals surface area contributed by atoms with E-state index >= 15 is 0 Å². The molecule has 1 heterocycles. The Morgan fingerprint density at radius 2 is 1.65 bits per heavy atom. The van der Waals surface area contributed by atoms with Crippen LogP contribution >= 0.6 is 22.6 Å². The first-order valence-electron chi connectivity index (χ1n) is 12.4. The first kappa shape index (κ1) is 30.4. The van der Waals surface area contributed by atoms with E-state index in [-0.39, 0.29) is 18.0 Å². The maximum absolute atomic E-state index is 14.3. The number of cyclic esters (lactones) is 1. The van der Waals surface area contributed by atoms with Crippen molar-refractivity contribution in [2.75, 3.05) is 13.7 Å². The van der Waals surface area contributed by atoms with Crippen molar-refractivity contribution in [1.82, 2.24) is 4.90 Å². The Balaban J connectivity index is 1.74. The Kier molecular flexibility index (Phi) is 8.16. The van der Waals surface area contributed by atoms with Crippen molar-refractivity contribution in [2.24, 2.45) is 5.41 Å². The maximum Gasteiger partial charge on any atom is 0.416 e. The number of methoxy groups -OCH3 is 1. The van der Waals surface area contributed by atoms with Gasteiger partial charge in [0.15, 0.2) is 0 Å². The summed E-state index contributed by atoms with van der Waals surface area (Å²) in [6.45, 7) is 5.69. The average Bonchev–Trinajstić information content (AvgIpc) is 3.12. The first-order valence-corrected chi connectivity index (χ1v) is 13.5. The minimum Gasteiger partial charge on any atom is -0.496 e. The average molecular weight is 685 g/mol. The second-order valence-corrected chi connectivity index (χ2v) is 12.1. The van der Waals surface area contributed by atoms with Crippen molar-refractivity contribution in [2.45, 2.75) is 64.5 Å². The maximum atomic E-state index is 14.3. The number of carbonyl (C=O) groups is 1. The third kappa shape index (κ3) is 6.20. The Hall–Kier alpha value is -2.51. The number of carbonyl (C=O) groups excluding carboxylic acids is 1. The van der Waals surface area contributed by atoms with Crippen LogP contribution in [0.3, 0.4) is 0 Å². The molecule has 1 amide bonds. The van der Waals surface area contributed by atoms with Crippen LogP contribution in [0.2, 0.25) is 0 Å². The van der Waals surface area contributed by atoms with Gasteiger partial charge in [0, 0.05) is 21.7 Å². The smallest absolute Gasteiger partial charge is 0.416 e. The second kappa shape index (κ2) is 10.7. The van der Waals surface area contributed by atoms with Gasteiger partial charge in [-0.1, -0.05) is 13.8 Å². The third-order valence-electron chi connectivity index (χ3n) is 7.43. The molecule has 1 aliphatic heterocycles. The fourth-order valence-electron chi connectivity index (χ4n) is 5.33. The monoisotopic (exact) mass is 685 g/mol. The number of hydrogen-bond acceptors (Lipinski definition) is 3. The Labute approximate surface area is 240 Å². The molecule has 2 aromatic carbocycles. The van der Waals surface area contributed by atoms with Gasteiger partial charge in [-0.25, -0.2) is 9.18 Å². The Morgan fingerprint density at radius 3 is 2.20 bits per heavy atom. The van der Waals surface area contributed by atoms with Gasteiger partial charge in [0.1, 0.15) is 17.7 Å². The highest BCUT2D eigenvalue weighted by Gasteiger charge is 2.44. The fourth-order valence-corrected chi connectivity index (χ4v) is 5.80. The molecule has 2 aliphatic rings. The topological polar surface area (TPSA) is 38.8 Å². The largest absolute Gasteiger partial charge is 0.496 e. The van der Waals surface area contributed by atoms with Crippen LogP contribution in [0.15, 0.2) is 35.9 Å². The highest BCUT2D eigenvalue weighted by Crippen LogP contribution is 2.47. The molecule has 2 aromatic rings. The number of halogens is 8. The summed E-state index contributed by atoms with van der Waals surface area (Å²) in [6.07, 6.45) is -10.3. The van der Waals surface area contributed by atoms with Gasteiger partial charge in [0.25, 0.3) is 0 Å². The molecule has 12 heteroatoms. The highest BCUT2D eigenvalue weighted by atomic mass is 127. The first-order chi connectivity index (χ1) is 18.4. The SMILES string of the molecule is COc1cc(F)c(I)cc1C1=C(CN2C(=O)O[C@H](c3cc(C(F)(F)F)cc(C(F)(F)F)c3)[C@@H]2C)CC(C)(C)CC1. The number of benzene rings is 2. The predicted molar refractivity (Wildman–Crippen MR) is 142 cm³/mol. The molecule has 2 atom stereocenters. The van der Waals surface area contributed by atoms with Crippen LogP contribution in [0.25, 0.3) is 5.57 Å². The molecule has 4 rings (SSSR count). The summed E-state index contributed by atoms with van der Waals surface area (Å²) in [4.78, 5) is 14.3. The van der Waals surface area contributed by atoms with Crippen LogP contribution < -0.4 is 4.74 Å². The third-order valence-corrected chi connectivity index (χ3v) is 8.26. The van der Waals surface area contributed by atoms with Crippen molar-refractivity contribution in [3.8, 4) is 5.75 Å². The van der Waals surface area contributed by atoms with E-state index in [1.54, 1.807) is 6.07 Å². The lowest BCUT2D eigenvalue weighted by molar-refractivity contribution is -0.143. The summed E-state index contributed by atoms with van der Waals surface area (Å²) in [6, 6.07) is 3.31. The quantitative estimate of drug-likeness (QED) is 0.233. The zero-order valence-corrected chi connectivity index (χ0v) is 24.2. The molecule has 0 unspecified atom stereocenters. The van der Waals surface area contributed by atoms with E-state index in [1.807, 2.05) is 22.6 Å². The van der Waals surface area contributed by atoms with Crippen LogP contribution in [-0.2, 0) is 17.1 Å². The summed E-state index contributed by atoms with van der Waals surface area (Å²) in [5, 5.41) is 0. The Bertz CT molecular complexity index is 1320. The van der Waals surface area contributed by atoms with E-state index in [0.29, 0.717) is 39.9 Å². The van der Waals surface area contributed by atoms with Crippen LogP contribution in [0.1, 0.15) is 68.4 Å². The van der Waals surface area contributed by atoms with Gasteiger partial charge < -0.3 is 9.47 Å². The van der Waals surface area contributed by atoms with Crippen molar-refractivity contribution in [1.29, 1.82) is 0 Å². The van der Waals surface area contributed by atoms with E-state index in [4.69, 9.17) is 9.47 Å². The lowest BCUT2D eigenvalue weighted by atomic mass is 9.72. The van der Waals surface area contributed by atoms with Gasteiger partial charge in [-0.15, -0.1) is 0 Å². The van der Waals surface area contributed by atoms with Crippen molar-refractivity contribution in [3.05, 3.63) is 67.5 Å². The van der Waals surface area contributed by atoms with Crippen molar-refractivity contribution < 1.29 is 45.0 Å².